The topological polar surface area (TPSA) is 51.5 Å². The van der Waals surface area contributed by atoms with Crippen LogP contribution >= 0.6 is 0 Å². The van der Waals surface area contributed by atoms with E-state index in [1.807, 2.05) is 24.3 Å². The van der Waals surface area contributed by atoms with Crippen LogP contribution in [0.4, 0.5) is 0 Å². The summed E-state index contributed by atoms with van der Waals surface area (Å²) >= 11 is 0. The molecule has 0 aliphatic heterocycles. The van der Waals surface area contributed by atoms with Crippen LogP contribution in [0.3, 0.4) is 0 Å². The van der Waals surface area contributed by atoms with Gasteiger partial charge >= 0.3 is 0 Å². The highest BCUT2D eigenvalue weighted by Gasteiger charge is 2.18. The summed E-state index contributed by atoms with van der Waals surface area (Å²) in [5, 5.41) is 10.8. The molecule has 2 rings (SSSR count). The first kappa shape index (κ1) is 14.3. The van der Waals surface area contributed by atoms with Crippen LogP contribution in [0.1, 0.15) is 12.5 Å². The third kappa shape index (κ3) is 2.34. The van der Waals surface area contributed by atoms with Crippen molar-refractivity contribution in [2.45, 2.75) is 19.4 Å². The van der Waals surface area contributed by atoms with E-state index in [1.165, 1.54) is 7.11 Å². The Kier molecular flexibility index (Phi) is 3.95. The van der Waals surface area contributed by atoms with Crippen molar-refractivity contribution in [2.75, 3.05) is 7.11 Å². The molecule has 4 heteroatoms. The van der Waals surface area contributed by atoms with Crippen LogP contribution in [-0.4, -0.2) is 22.9 Å². The van der Waals surface area contributed by atoms with Gasteiger partial charge in [-0.05, 0) is 19.1 Å². The van der Waals surface area contributed by atoms with E-state index < -0.39 is 6.10 Å². The fourth-order valence-corrected chi connectivity index (χ4v) is 2.31. The van der Waals surface area contributed by atoms with Gasteiger partial charge in [-0.3, -0.25) is 4.79 Å². The highest BCUT2D eigenvalue weighted by Crippen LogP contribution is 2.28. The van der Waals surface area contributed by atoms with E-state index in [1.54, 1.807) is 18.5 Å². The number of para-hydroxylation sites is 1. The minimum absolute atomic E-state index is 0.152. The Morgan fingerprint density at radius 3 is 2.70 bits per heavy atom. The van der Waals surface area contributed by atoms with Gasteiger partial charge in [-0.1, -0.05) is 24.3 Å². The molecule has 0 bridgehead atoms. The van der Waals surface area contributed by atoms with Crippen LogP contribution in [-0.2, 0) is 13.5 Å². The number of aromatic nitrogens is 1. The van der Waals surface area contributed by atoms with Crippen molar-refractivity contribution in [1.82, 2.24) is 4.57 Å². The standard InChI is InChI=1S/C16H19NO3/c1-10(2)14(18)9-12-15(20-4)11-7-5-6-8-13(11)17(3)16(12)19/h5-8,14,18H,1,9H2,2-4H3/t14-/m1/s1. The van der Waals surface area contributed by atoms with E-state index in [0.29, 0.717) is 16.9 Å². The van der Waals surface area contributed by atoms with Crippen molar-refractivity contribution < 1.29 is 9.84 Å². The number of ether oxygens (including phenoxy) is 1. The molecule has 0 unspecified atom stereocenters. The number of aryl methyl sites for hydroxylation is 1. The molecule has 0 saturated heterocycles. The minimum atomic E-state index is -0.752. The second-order valence-electron chi connectivity index (χ2n) is 4.96. The molecule has 20 heavy (non-hydrogen) atoms. The molecule has 4 nitrogen and oxygen atoms in total. The molecule has 0 radical (unpaired) electrons. The normalized spacial score (nSPS) is 12.4. The molecule has 0 saturated carbocycles. The average molecular weight is 273 g/mol. The molecule has 1 N–H and O–H groups in total. The quantitative estimate of drug-likeness (QED) is 0.867. The number of benzene rings is 1. The number of rotatable bonds is 4. The predicted molar refractivity (Wildman–Crippen MR) is 80.3 cm³/mol. The van der Waals surface area contributed by atoms with E-state index >= 15 is 0 Å². The zero-order chi connectivity index (χ0) is 14.9. The van der Waals surface area contributed by atoms with Crippen LogP contribution in [0.5, 0.6) is 5.75 Å². The van der Waals surface area contributed by atoms with Crippen LogP contribution in [0.15, 0.2) is 41.2 Å². The zero-order valence-electron chi connectivity index (χ0n) is 12.0. The van der Waals surface area contributed by atoms with E-state index in [-0.39, 0.29) is 12.0 Å². The molecule has 0 amide bonds. The van der Waals surface area contributed by atoms with Gasteiger partial charge in [-0.25, -0.2) is 0 Å². The van der Waals surface area contributed by atoms with E-state index in [2.05, 4.69) is 6.58 Å². The lowest BCUT2D eigenvalue weighted by Crippen LogP contribution is -2.26. The second kappa shape index (κ2) is 5.51. The van der Waals surface area contributed by atoms with Crippen molar-refractivity contribution in [3.63, 3.8) is 0 Å². The summed E-state index contributed by atoms with van der Waals surface area (Å²) in [4.78, 5) is 12.5. The van der Waals surface area contributed by atoms with Gasteiger partial charge in [0.05, 0.1) is 24.3 Å². The van der Waals surface area contributed by atoms with Crippen molar-refractivity contribution in [3.05, 3.63) is 52.3 Å². The number of hydrogen-bond acceptors (Lipinski definition) is 3. The molecule has 1 heterocycles. The summed E-state index contributed by atoms with van der Waals surface area (Å²) in [5.74, 6) is 0.531. The van der Waals surface area contributed by atoms with Gasteiger partial charge in [0.1, 0.15) is 5.75 Å². The summed E-state index contributed by atoms with van der Waals surface area (Å²) in [6, 6.07) is 7.56. The highest BCUT2D eigenvalue weighted by atomic mass is 16.5. The Hall–Kier alpha value is -2.07. The Bertz CT molecular complexity index is 715. The number of hydrogen-bond donors (Lipinski definition) is 1. The number of aliphatic hydroxyl groups is 1. The van der Waals surface area contributed by atoms with Gasteiger partial charge in [-0.2, -0.15) is 0 Å². The number of nitrogens with zero attached hydrogens (tertiary/aromatic N) is 1. The van der Waals surface area contributed by atoms with Gasteiger partial charge in [0, 0.05) is 18.9 Å². The lowest BCUT2D eigenvalue weighted by molar-refractivity contribution is 0.210. The molecule has 106 valence electrons. The Morgan fingerprint density at radius 1 is 1.45 bits per heavy atom. The summed E-state index contributed by atoms with van der Waals surface area (Å²) in [6.45, 7) is 5.46. The number of pyridine rings is 1. The first-order valence-corrected chi connectivity index (χ1v) is 6.45. The molecule has 0 aliphatic carbocycles. The third-order valence-electron chi connectivity index (χ3n) is 3.52. The monoisotopic (exact) mass is 273 g/mol. The van der Waals surface area contributed by atoms with Crippen LogP contribution in [0, 0.1) is 0 Å². The van der Waals surface area contributed by atoms with Gasteiger partial charge in [0.15, 0.2) is 0 Å². The molecule has 2 aromatic rings. The van der Waals surface area contributed by atoms with Crippen LogP contribution in [0.2, 0.25) is 0 Å². The summed E-state index contributed by atoms with van der Waals surface area (Å²) < 4.78 is 7.00. The number of fused-ring (bicyclic) bond motifs is 1. The first-order chi connectivity index (χ1) is 9.47. The molecule has 0 spiro atoms. The van der Waals surface area contributed by atoms with Gasteiger partial charge in [0.25, 0.3) is 5.56 Å². The molecular formula is C16H19NO3. The van der Waals surface area contributed by atoms with Gasteiger partial charge in [-0.15, -0.1) is 0 Å². The first-order valence-electron chi connectivity index (χ1n) is 6.45. The Labute approximate surface area is 117 Å². The Morgan fingerprint density at radius 2 is 2.10 bits per heavy atom. The molecule has 0 aliphatic rings. The van der Waals surface area contributed by atoms with Crippen LogP contribution < -0.4 is 10.3 Å². The van der Waals surface area contributed by atoms with Crippen molar-refractivity contribution in [2.24, 2.45) is 7.05 Å². The summed E-state index contributed by atoms with van der Waals surface area (Å²) in [6.07, 6.45) is -0.548. The maximum Gasteiger partial charge on any atom is 0.257 e. The van der Waals surface area contributed by atoms with Gasteiger partial charge < -0.3 is 14.4 Å². The van der Waals surface area contributed by atoms with Gasteiger partial charge in [0.2, 0.25) is 0 Å². The van der Waals surface area contributed by atoms with Crippen molar-refractivity contribution in [3.8, 4) is 5.75 Å². The predicted octanol–water partition coefficient (Wildman–Crippen LogP) is 2.03. The maximum absolute atomic E-state index is 12.5. The fraction of sp³-hybridized carbons (Fsp3) is 0.312. The lowest BCUT2D eigenvalue weighted by atomic mass is 10.0. The summed E-state index contributed by atoms with van der Waals surface area (Å²) in [5.41, 5.74) is 1.76. The zero-order valence-corrected chi connectivity index (χ0v) is 12.0. The van der Waals surface area contributed by atoms with E-state index in [9.17, 15) is 9.90 Å². The highest BCUT2D eigenvalue weighted by molar-refractivity contribution is 5.86. The SMILES string of the molecule is C=C(C)[C@H](O)Cc1c(OC)c2ccccc2n(C)c1=O. The molecule has 1 atom stereocenters. The molecule has 0 fully saturated rings. The minimum Gasteiger partial charge on any atom is -0.496 e. The lowest BCUT2D eigenvalue weighted by Gasteiger charge is -2.17. The molecule has 1 aromatic carbocycles. The molecular weight excluding hydrogens is 254 g/mol. The number of aliphatic hydroxyl groups excluding tert-OH is 1. The second-order valence-corrected chi connectivity index (χ2v) is 4.96. The smallest absolute Gasteiger partial charge is 0.257 e. The van der Waals surface area contributed by atoms with Crippen molar-refractivity contribution >= 4 is 10.9 Å². The van der Waals surface area contributed by atoms with Crippen LogP contribution in [0.25, 0.3) is 10.9 Å². The third-order valence-corrected chi connectivity index (χ3v) is 3.52. The van der Waals surface area contributed by atoms with E-state index in [0.717, 1.165) is 10.9 Å². The largest absolute Gasteiger partial charge is 0.496 e. The van der Waals surface area contributed by atoms with Crippen molar-refractivity contribution in [1.29, 1.82) is 0 Å². The Balaban J connectivity index is 2.73. The van der Waals surface area contributed by atoms with E-state index in [4.69, 9.17) is 4.74 Å². The summed E-state index contributed by atoms with van der Waals surface area (Å²) in [7, 11) is 3.26. The average Bonchev–Trinajstić information content (AvgIpc) is 2.44. The number of methoxy groups -OCH3 is 1. The maximum atomic E-state index is 12.5. The fourth-order valence-electron chi connectivity index (χ4n) is 2.31. The molecule has 1 aromatic heterocycles.